The van der Waals surface area contributed by atoms with Gasteiger partial charge in [0.15, 0.2) is 17.5 Å². The van der Waals surface area contributed by atoms with Crippen LogP contribution in [0, 0.1) is 11.3 Å². The van der Waals surface area contributed by atoms with Gasteiger partial charge < -0.3 is 24.5 Å². The van der Waals surface area contributed by atoms with Crippen LogP contribution in [0.1, 0.15) is 59.3 Å². The van der Waals surface area contributed by atoms with Crippen molar-refractivity contribution in [3.63, 3.8) is 0 Å². The number of nitrogen functional groups attached to an aromatic ring is 1. The maximum absolute atomic E-state index is 14.3. The molecule has 5 rings (SSSR count). The van der Waals surface area contributed by atoms with E-state index in [1.165, 1.54) is 6.33 Å². The lowest BCUT2D eigenvalue weighted by atomic mass is 10.1. The summed E-state index contributed by atoms with van der Waals surface area (Å²) in [7, 11) is -3.88. The van der Waals surface area contributed by atoms with Gasteiger partial charge in [-0.05, 0) is 56.7 Å². The molecular weight excluding hydrogens is 601 g/mol. The number of aromatic nitrogens is 4. The van der Waals surface area contributed by atoms with E-state index in [2.05, 4.69) is 15.0 Å². The summed E-state index contributed by atoms with van der Waals surface area (Å²) in [4.78, 5) is 36.1. The van der Waals surface area contributed by atoms with Crippen molar-refractivity contribution in [2.24, 2.45) is 11.3 Å². The number of carbonyl (C=O) groups excluding carboxylic acids is 1. The highest BCUT2D eigenvalue weighted by molar-refractivity contribution is 7.54. The van der Waals surface area contributed by atoms with Gasteiger partial charge in [-0.1, -0.05) is 38.5 Å². The molecule has 0 spiro atoms. The molecule has 244 valence electrons. The molecule has 2 aliphatic rings. The number of carbonyl (C=O) groups is 1. The normalized spacial score (nSPS) is 23.4. The minimum absolute atomic E-state index is 0.00749. The standard InChI is InChI=1S/C31H42N5O8P/c1-4-10-22(3)43-29(38)21(2)17-45(39,44-24-11-6-5-7-12-24)42-19-31(18-41-25-13-8-9-14-40-25)15-23(31)16-36-20-33-26-27(36)34-30(32)35-28(26)37/h5-7,11-12,16,20-22,25H,4,8-10,13-15,17-19H2,1-3H3,(H3,32,34,35,37)/b23-16-/t21-,22+,25?,31?,45+/m1/s1. The first kappa shape index (κ1) is 32.9. The number of esters is 1. The third-order valence-electron chi connectivity index (χ3n) is 7.95. The minimum atomic E-state index is -3.88. The number of nitrogens with one attached hydrogen (secondary N) is 1. The van der Waals surface area contributed by atoms with Crippen molar-refractivity contribution < 1.29 is 32.6 Å². The molecule has 1 aliphatic carbocycles. The highest BCUT2D eigenvalue weighted by Gasteiger charge is 2.52. The number of ether oxygens (including phenoxy) is 3. The van der Waals surface area contributed by atoms with Gasteiger partial charge in [-0.15, -0.1) is 0 Å². The van der Waals surface area contributed by atoms with Crippen molar-refractivity contribution in [1.29, 1.82) is 0 Å². The summed E-state index contributed by atoms with van der Waals surface area (Å²) >= 11 is 0. The van der Waals surface area contributed by atoms with Crippen molar-refractivity contribution in [1.82, 2.24) is 19.5 Å². The first-order valence-corrected chi connectivity index (χ1v) is 17.2. The predicted octanol–water partition coefficient (Wildman–Crippen LogP) is 5.13. The van der Waals surface area contributed by atoms with Crippen LogP contribution in [0.15, 0.2) is 47.0 Å². The fourth-order valence-corrected chi connectivity index (χ4v) is 7.24. The van der Waals surface area contributed by atoms with E-state index < -0.39 is 30.5 Å². The van der Waals surface area contributed by atoms with Crippen molar-refractivity contribution in [2.45, 2.75) is 71.7 Å². The number of nitrogens with zero attached hydrogens (tertiary/aromatic N) is 3. The molecule has 3 heterocycles. The second-order valence-electron chi connectivity index (χ2n) is 11.9. The van der Waals surface area contributed by atoms with Gasteiger partial charge in [0.05, 0.1) is 31.4 Å². The second kappa shape index (κ2) is 14.3. The van der Waals surface area contributed by atoms with E-state index in [-0.39, 0.29) is 43.2 Å². The Bertz CT molecular complexity index is 1600. The Hall–Kier alpha value is -3.51. The molecule has 1 saturated carbocycles. The van der Waals surface area contributed by atoms with Gasteiger partial charge in [-0.3, -0.25) is 23.7 Å². The molecule has 1 saturated heterocycles. The summed E-state index contributed by atoms with van der Waals surface area (Å²) in [5.41, 5.74) is 6.06. The molecule has 2 aromatic heterocycles. The first-order chi connectivity index (χ1) is 21.6. The third-order valence-corrected chi connectivity index (χ3v) is 9.96. The number of fused-ring (bicyclic) bond motifs is 1. The number of imidazole rings is 1. The SMILES string of the molecule is CCC[C@H](C)OC(=O)[C@H](C)C[P@](=O)(OCC1(COC2CCCCO2)C/C1=C/n1cnc2c(=O)[nH]c(N)nc21)Oc1ccccc1. The van der Waals surface area contributed by atoms with Crippen molar-refractivity contribution >= 4 is 36.9 Å². The lowest BCUT2D eigenvalue weighted by Crippen LogP contribution is -2.28. The first-order valence-electron chi connectivity index (χ1n) is 15.5. The van der Waals surface area contributed by atoms with E-state index in [0.29, 0.717) is 24.4 Å². The molecule has 0 amide bonds. The average molecular weight is 644 g/mol. The van der Waals surface area contributed by atoms with E-state index >= 15 is 0 Å². The van der Waals surface area contributed by atoms with Gasteiger partial charge in [0.2, 0.25) is 5.95 Å². The number of benzene rings is 1. The summed E-state index contributed by atoms with van der Waals surface area (Å²) in [6, 6.07) is 8.74. The van der Waals surface area contributed by atoms with Crippen LogP contribution in [-0.2, 0) is 28.1 Å². The number of hydrogen-bond acceptors (Lipinski definition) is 11. The number of aromatic amines is 1. The highest BCUT2D eigenvalue weighted by atomic mass is 31.2. The van der Waals surface area contributed by atoms with Gasteiger partial charge in [-0.2, -0.15) is 4.98 Å². The van der Waals surface area contributed by atoms with Crippen LogP contribution < -0.4 is 15.8 Å². The van der Waals surface area contributed by atoms with E-state index in [0.717, 1.165) is 37.7 Å². The third kappa shape index (κ3) is 8.40. The van der Waals surface area contributed by atoms with E-state index in [1.807, 2.05) is 26.1 Å². The molecule has 13 nitrogen and oxygen atoms in total. The van der Waals surface area contributed by atoms with Crippen molar-refractivity contribution in [2.75, 3.05) is 31.7 Å². The highest BCUT2D eigenvalue weighted by Crippen LogP contribution is 2.58. The fraction of sp³-hybridized carbons (Fsp3) is 0.548. The summed E-state index contributed by atoms with van der Waals surface area (Å²) < 4.78 is 45.7. The average Bonchev–Trinajstić information content (AvgIpc) is 3.54. The monoisotopic (exact) mass is 643 g/mol. The molecule has 1 aliphatic heterocycles. The van der Waals surface area contributed by atoms with Gasteiger partial charge in [0.1, 0.15) is 12.1 Å². The molecule has 3 N–H and O–H groups in total. The van der Waals surface area contributed by atoms with Crippen LogP contribution in [0.4, 0.5) is 5.95 Å². The zero-order valence-electron chi connectivity index (χ0n) is 26.0. The van der Waals surface area contributed by atoms with Crippen LogP contribution in [0.5, 0.6) is 5.75 Å². The van der Waals surface area contributed by atoms with E-state index in [1.54, 1.807) is 35.8 Å². The summed E-state index contributed by atoms with van der Waals surface area (Å²) in [6.45, 7) is 6.39. The molecule has 3 aromatic rings. The Morgan fingerprint density at radius 2 is 2.07 bits per heavy atom. The molecule has 1 aromatic carbocycles. The number of para-hydroxylation sites is 1. The molecule has 2 fully saturated rings. The van der Waals surface area contributed by atoms with Gasteiger partial charge in [-0.25, -0.2) is 9.55 Å². The molecule has 45 heavy (non-hydrogen) atoms. The molecule has 0 bridgehead atoms. The Morgan fingerprint density at radius 1 is 1.27 bits per heavy atom. The number of nitrogens with two attached hydrogens (primary N) is 1. The van der Waals surface area contributed by atoms with Crippen LogP contribution in [0.25, 0.3) is 17.4 Å². The second-order valence-corrected chi connectivity index (χ2v) is 13.9. The minimum Gasteiger partial charge on any atom is -0.462 e. The quantitative estimate of drug-likeness (QED) is 0.166. The Morgan fingerprint density at radius 3 is 2.80 bits per heavy atom. The molecule has 0 radical (unpaired) electrons. The van der Waals surface area contributed by atoms with Gasteiger partial charge in [0, 0.05) is 18.2 Å². The summed E-state index contributed by atoms with van der Waals surface area (Å²) in [6.07, 6.45) is 7.47. The molecule has 5 atom stereocenters. The summed E-state index contributed by atoms with van der Waals surface area (Å²) in [5.74, 6) is -0.842. The van der Waals surface area contributed by atoms with E-state index in [4.69, 9.17) is 29.0 Å². The topological polar surface area (TPSA) is 170 Å². The fourth-order valence-electron chi connectivity index (χ4n) is 5.30. The largest absolute Gasteiger partial charge is 0.462 e. The Kier molecular flexibility index (Phi) is 10.4. The number of anilines is 1. The molecular formula is C31H42N5O8P. The lowest BCUT2D eigenvalue weighted by Gasteiger charge is -2.27. The van der Waals surface area contributed by atoms with Crippen molar-refractivity contribution in [3.8, 4) is 5.75 Å². The van der Waals surface area contributed by atoms with Crippen LogP contribution in [0.2, 0.25) is 0 Å². The molecule has 14 heteroatoms. The Balaban J connectivity index is 1.38. The zero-order valence-corrected chi connectivity index (χ0v) is 26.9. The van der Waals surface area contributed by atoms with E-state index in [9.17, 15) is 14.2 Å². The number of H-pyrrole nitrogens is 1. The Labute approximate surface area is 262 Å². The van der Waals surface area contributed by atoms with Gasteiger partial charge >= 0.3 is 13.6 Å². The van der Waals surface area contributed by atoms with Crippen LogP contribution >= 0.6 is 7.60 Å². The van der Waals surface area contributed by atoms with Crippen molar-refractivity contribution in [3.05, 3.63) is 52.6 Å². The van der Waals surface area contributed by atoms with Crippen LogP contribution in [-0.4, -0.2) is 63.9 Å². The van der Waals surface area contributed by atoms with Crippen LogP contribution in [0.3, 0.4) is 0 Å². The maximum atomic E-state index is 14.3. The number of rotatable bonds is 15. The predicted molar refractivity (Wildman–Crippen MR) is 169 cm³/mol. The zero-order chi connectivity index (χ0) is 32.0. The molecule has 2 unspecified atom stereocenters. The lowest BCUT2D eigenvalue weighted by molar-refractivity contribution is -0.171. The van der Waals surface area contributed by atoms with Gasteiger partial charge in [0.25, 0.3) is 5.56 Å². The smallest absolute Gasteiger partial charge is 0.380 e. The maximum Gasteiger partial charge on any atom is 0.380 e. The summed E-state index contributed by atoms with van der Waals surface area (Å²) in [5, 5.41) is 0. The number of hydrogen-bond donors (Lipinski definition) is 2.